The zero-order valence-corrected chi connectivity index (χ0v) is 11.7. The summed E-state index contributed by atoms with van der Waals surface area (Å²) in [7, 11) is 2.05. The second-order valence-electron chi connectivity index (χ2n) is 4.88. The Labute approximate surface area is 119 Å². The van der Waals surface area contributed by atoms with Crippen LogP contribution in [0.3, 0.4) is 0 Å². The lowest BCUT2D eigenvalue weighted by Crippen LogP contribution is -2.18. The first-order valence-electron chi connectivity index (χ1n) is 6.45. The van der Waals surface area contributed by atoms with E-state index in [0.717, 1.165) is 17.7 Å². The fourth-order valence-corrected chi connectivity index (χ4v) is 2.12. The van der Waals surface area contributed by atoms with Crippen LogP contribution in [0.4, 0.5) is 5.69 Å². The highest BCUT2D eigenvalue weighted by atomic mass is 16.4. The third-order valence-corrected chi connectivity index (χ3v) is 3.19. The van der Waals surface area contributed by atoms with E-state index in [2.05, 4.69) is 35.2 Å². The van der Waals surface area contributed by atoms with Gasteiger partial charge < -0.3 is 15.8 Å². The summed E-state index contributed by atoms with van der Waals surface area (Å²) in [5.41, 5.74) is 9.85. The van der Waals surface area contributed by atoms with Crippen molar-refractivity contribution in [1.29, 1.82) is 0 Å². The van der Waals surface area contributed by atoms with Crippen molar-refractivity contribution in [2.45, 2.75) is 13.5 Å². The van der Waals surface area contributed by atoms with Crippen LogP contribution in [-0.4, -0.2) is 18.1 Å². The largest absolute Gasteiger partial charge is 0.409 e. The predicted molar refractivity (Wildman–Crippen MR) is 82.2 cm³/mol. The van der Waals surface area contributed by atoms with E-state index in [-0.39, 0.29) is 5.84 Å². The molecule has 0 spiro atoms. The number of rotatable bonds is 4. The topological polar surface area (TPSA) is 61.8 Å². The number of oxime groups is 1. The van der Waals surface area contributed by atoms with Gasteiger partial charge in [-0.25, -0.2) is 0 Å². The summed E-state index contributed by atoms with van der Waals surface area (Å²) in [5.74, 6) is 0.130. The number of hydrogen-bond donors (Lipinski definition) is 2. The number of nitrogens with zero attached hydrogens (tertiary/aromatic N) is 2. The van der Waals surface area contributed by atoms with E-state index in [0.29, 0.717) is 0 Å². The van der Waals surface area contributed by atoms with Crippen molar-refractivity contribution in [3.05, 3.63) is 65.2 Å². The van der Waals surface area contributed by atoms with Gasteiger partial charge in [-0.1, -0.05) is 35.5 Å². The molecule has 0 aliphatic heterocycles. The molecular weight excluding hydrogens is 250 g/mol. The number of hydrogen-bond acceptors (Lipinski definition) is 3. The number of anilines is 1. The minimum atomic E-state index is 0.130. The van der Waals surface area contributed by atoms with Crippen LogP contribution in [0, 0.1) is 6.92 Å². The summed E-state index contributed by atoms with van der Waals surface area (Å²) < 4.78 is 0. The maximum absolute atomic E-state index is 8.72. The Kier molecular flexibility index (Phi) is 4.25. The first kappa shape index (κ1) is 13.9. The second-order valence-corrected chi connectivity index (χ2v) is 4.88. The summed E-state index contributed by atoms with van der Waals surface area (Å²) in [4.78, 5) is 2.17. The van der Waals surface area contributed by atoms with Gasteiger partial charge in [0.25, 0.3) is 0 Å². The molecule has 0 fully saturated rings. The molecule has 0 bridgehead atoms. The maximum Gasteiger partial charge on any atom is 0.170 e. The van der Waals surface area contributed by atoms with E-state index in [1.165, 1.54) is 11.3 Å². The van der Waals surface area contributed by atoms with Crippen molar-refractivity contribution in [2.75, 3.05) is 11.9 Å². The summed E-state index contributed by atoms with van der Waals surface area (Å²) in [6, 6.07) is 16.1. The maximum atomic E-state index is 8.72. The van der Waals surface area contributed by atoms with Gasteiger partial charge >= 0.3 is 0 Å². The van der Waals surface area contributed by atoms with Gasteiger partial charge in [-0.05, 0) is 36.2 Å². The van der Waals surface area contributed by atoms with Gasteiger partial charge in [0.2, 0.25) is 0 Å². The minimum Gasteiger partial charge on any atom is -0.409 e. The molecule has 104 valence electrons. The van der Waals surface area contributed by atoms with Gasteiger partial charge in [0.05, 0.1) is 0 Å². The van der Waals surface area contributed by atoms with Crippen molar-refractivity contribution in [1.82, 2.24) is 0 Å². The van der Waals surface area contributed by atoms with Gasteiger partial charge in [-0.15, -0.1) is 0 Å². The number of aryl methyl sites for hydroxylation is 1. The lowest BCUT2D eigenvalue weighted by atomic mass is 10.1. The molecule has 0 atom stereocenters. The Hall–Kier alpha value is -2.49. The lowest BCUT2D eigenvalue weighted by Gasteiger charge is -2.20. The normalized spacial score (nSPS) is 11.4. The van der Waals surface area contributed by atoms with E-state index in [9.17, 15) is 0 Å². The Morgan fingerprint density at radius 2 is 1.95 bits per heavy atom. The summed E-state index contributed by atoms with van der Waals surface area (Å²) >= 11 is 0. The minimum absolute atomic E-state index is 0.130. The molecule has 4 heteroatoms. The molecule has 2 aromatic carbocycles. The zero-order valence-electron chi connectivity index (χ0n) is 11.7. The van der Waals surface area contributed by atoms with Crippen molar-refractivity contribution >= 4 is 11.5 Å². The summed E-state index contributed by atoms with van der Waals surface area (Å²) in [6.07, 6.45) is 0. The van der Waals surface area contributed by atoms with Crippen LogP contribution in [0.15, 0.2) is 53.7 Å². The summed E-state index contributed by atoms with van der Waals surface area (Å²) in [5, 5.41) is 11.8. The highest BCUT2D eigenvalue weighted by molar-refractivity contribution is 5.97. The van der Waals surface area contributed by atoms with Gasteiger partial charge in [-0.2, -0.15) is 0 Å². The number of nitrogens with two attached hydrogens (primary N) is 1. The molecule has 3 N–H and O–H groups in total. The molecule has 0 heterocycles. The molecule has 0 radical (unpaired) electrons. The van der Waals surface area contributed by atoms with E-state index in [1.807, 2.05) is 37.4 Å². The van der Waals surface area contributed by atoms with E-state index in [4.69, 9.17) is 10.9 Å². The average Bonchev–Trinajstić information content (AvgIpc) is 2.46. The second kappa shape index (κ2) is 6.10. The first-order valence-corrected chi connectivity index (χ1v) is 6.45. The van der Waals surface area contributed by atoms with E-state index >= 15 is 0 Å². The highest BCUT2D eigenvalue weighted by Gasteiger charge is 2.05. The number of benzene rings is 2. The lowest BCUT2D eigenvalue weighted by molar-refractivity contribution is 0.318. The molecule has 2 rings (SSSR count). The van der Waals surface area contributed by atoms with Gasteiger partial charge in [0.15, 0.2) is 5.84 Å². The van der Waals surface area contributed by atoms with Crippen LogP contribution in [0.5, 0.6) is 0 Å². The molecule has 2 aromatic rings. The van der Waals surface area contributed by atoms with Crippen molar-refractivity contribution in [2.24, 2.45) is 10.9 Å². The monoisotopic (exact) mass is 269 g/mol. The summed E-state index contributed by atoms with van der Waals surface area (Å²) in [6.45, 7) is 2.84. The van der Waals surface area contributed by atoms with Crippen molar-refractivity contribution in [3.63, 3.8) is 0 Å². The standard InChI is InChI=1S/C16H19N3O/c1-12-5-3-8-15(9-12)19(2)11-13-6-4-7-14(10-13)16(17)18-20/h3-10,20H,11H2,1-2H3,(H2,17,18). The van der Waals surface area contributed by atoms with Crippen LogP contribution in [0.2, 0.25) is 0 Å². The third-order valence-electron chi connectivity index (χ3n) is 3.19. The van der Waals surface area contributed by atoms with Crippen LogP contribution < -0.4 is 10.6 Å². The molecule has 0 saturated carbocycles. The van der Waals surface area contributed by atoms with E-state index < -0.39 is 0 Å². The molecule has 0 amide bonds. The van der Waals surface area contributed by atoms with Gasteiger partial charge in [0, 0.05) is 24.8 Å². The SMILES string of the molecule is Cc1cccc(N(C)Cc2cccc(C(N)=NO)c2)c1. The smallest absolute Gasteiger partial charge is 0.170 e. The first-order chi connectivity index (χ1) is 9.60. The quantitative estimate of drug-likeness (QED) is 0.388. The molecule has 0 aliphatic carbocycles. The van der Waals surface area contributed by atoms with Crippen LogP contribution in [0.25, 0.3) is 0 Å². The Bertz CT molecular complexity index is 623. The van der Waals surface area contributed by atoms with Crippen molar-refractivity contribution < 1.29 is 5.21 Å². The Balaban J connectivity index is 2.17. The van der Waals surface area contributed by atoms with E-state index in [1.54, 1.807) is 0 Å². The number of amidine groups is 1. The van der Waals surface area contributed by atoms with Crippen LogP contribution in [0.1, 0.15) is 16.7 Å². The highest BCUT2D eigenvalue weighted by Crippen LogP contribution is 2.17. The Morgan fingerprint density at radius 1 is 1.20 bits per heavy atom. The predicted octanol–water partition coefficient (Wildman–Crippen LogP) is 2.73. The molecule has 0 aromatic heterocycles. The third kappa shape index (κ3) is 3.29. The molecule has 0 aliphatic rings. The fourth-order valence-electron chi connectivity index (χ4n) is 2.12. The zero-order chi connectivity index (χ0) is 14.5. The molecule has 20 heavy (non-hydrogen) atoms. The average molecular weight is 269 g/mol. The van der Waals surface area contributed by atoms with Gasteiger partial charge in [-0.3, -0.25) is 0 Å². The molecule has 0 saturated heterocycles. The molecular formula is C16H19N3O. The molecule has 4 nitrogen and oxygen atoms in total. The Morgan fingerprint density at radius 3 is 2.65 bits per heavy atom. The van der Waals surface area contributed by atoms with Crippen LogP contribution in [-0.2, 0) is 6.54 Å². The molecule has 0 unspecified atom stereocenters. The van der Waals surface area contributed by atoms with Gasteiger partial charge in [0.1, 0.15) is 0 Å². The van der Waals surface area contributed by atoms with Crippen LogP contribution >= 0.6 is 0 Å². The van der Waals surface area contributed by atoms with Crippen molar-refractivity contribution in [3.8, 4) is 0 Å². The fraction of sp³-hybridized carbons (Fsp3) is 0.188.